The molecule has 27 heavy (non-hydrogen) atoms. The fraction of sp³-hybridized carbons (Fsp3) is 0.0952. The van der Waals surface area contributed by atoms with Crippen molar-refractivity contribution in [1.82, 2.24) is 9.97 Å². The van der Waals surface area contributed by atoms with Crippen LogP contribution >= 0.6 is 0 Å². The van der Waals surface area contributed by atoms with E-state index in [9.17, 15) is 4.79 Å². The summed E-state index contributed by atoms with van der Waals surface area (Å²) in [5.74, 6) is 0.603. The Hall–Kier alpha value is -3.67. The van der Waals surface area contributed by atoms with Crippen LogP contribution in [0.1, 0.15) is 11.5 Å². The second-order valence-electron chi connectivity index (χ2n) is 5.85. The standard InChI is InChI=1S/C21H20N4O2/c1-14-12-19(15-6-4-3-5-7-15)25-20(23-14)18(13-22)21(26)24-16-8-10-17(27-2)11-9-16/h3-13H,22H2,1-2H3,(H,24,26). The maximum Gasteiger partial charge on any atom is 0.260 e. The summed E-state index contributed by atoms with van der Waals surface area (Å²) in [5, 5.41) is 2.80. The summed E-state index contributed by atoms with van der Waals surface area (Å²) in [5.41, 5.74) is 8.96. The number of aryl methyl sites for hydroxylation is 1. The third kappa shape index (κ3) is 4.30. The summed E-state index contributed by atoms with van der Waals surface area (Å²) in [6.07, 6.45) is 1.22. The molecule has 0 saturated heterocycles. The second-order valence-corrected chi connectivity index (χ2v) is 5.85. The Bertz CT molecular complexity index is 967. The van der Waals surface area contributed by atoms with Crippen LogP contribution in [-0.2, 0) is 4.79 Å². The quantitative estimate of drug-likeness (QED) is 0.681. The van der Waals surface area contributed by atoms with E-state index < -0.39 is 0 Å². The average molecular weight is 360 g/mol. The molecule has 0 fully saturated rings. The van der Waals surface area contributed by atoms with Gasteiger partial charge in [0.15, 0.2) is 5.82 Å². The molecule has 1 heterocycles. The zero-order chi connectivity index (χ0) is 19.2. The summed E-state index contributed by atoms with van der Waals surface area (Å²) in [6, 6.07) is 18.6. The molecule has 0 unspecified atom stereocenters. The molecule has 0 aliphatic rings. The molecule has 3 rings (SSSR count). The van der Waals surface area contributed by atoms with E-state index in [1.165, 1.54) is 6.20 Å². The lowest BCUT2D eigenvalue weighted by Gasteiger charge is -2.10. The molecule has 6 heteroatoms. The third-order valence-corrected chi connectivity index (χ3v) is 3.92. The highest BCUT2D eigenvalue weighted by atomic mass is 16.5. The number of carbonyl (C=O) groups is 1. The van der Waals surface area contributed by atoms with Gasteiger partial charge in [-0.3, -0.25) is 4.79 Å². The van der Waals surface area contributed by atoms with E-state index in [1.54, 1.807) is 31.4 Å². The fourth-order valence-electron chi connectivity index (χ4n) is 2.57. The van der Waals surface area contributed by atoms with Crippen LogP contribution in [0.5, 0.6) is 5.75 Å². The second kappa shape index (κ2) is 8.14. The van der Waals surface area contributed by atoms with Crippen LogP contribution in [0.2, 0.25) is 0 Å². The topological polar surface area (TPSA) is 90.1 Å². The highest BCUT2D eigenvalue weighted by Gasteiger charge is 2.17. The lowest BCUT2D eigenvalue weighted by Crippen LogP contribution is -2.17. The number of anilines is 1. The third-order valence-electron chi connectivity index (χ3n) is 3.92. The molecule has 3 aromatic rings. The van der Waals surface area contributed by atoms with Crippen LogP contribution in [-0.4, -0.2) is 23.0 Å². The van der Waals surface area contributed by atoms with Gasteiger partial charge in [-0.05, 0) is 37.3 Å². The number of rotatable bonds is 5. The average Bonchev–Trinajstić information content (AvgIpc) is 2.69. The van der Waals surface area contributed by atoms with E-state index in [0.29, 0.717) is 11.4 Å². The van der Waals surface area contributed by atoms with E-state index >= 15 is 0 Å². The van der Waals surface area contributed by atoms with Crippen LogP contribution in [0.4, 0.5) is 5.69 Å². The number of aromatic nitrogens is 2. The van der Waals surface area contributed by atoms with Crippen molar-refractivity contribution < 1.29 is 9.53 Å². The molecule has 0 aliphatic carbocycles. The van der Waals surface area contributed by atoms with E-state index in [1.807, 2.05) is 43.3 Å². The van der Waals surface area contributed by atoms with Crippen molar-refractivity contribution in [2.45, 2.75) is 6.92 Å². The fourth-order valence-corrected chi connectivity index (χ4v) is 2.57. The summed E-state index contributed by atoms with van der Waals surface area (Å²) in [7, 11) is 1.59. The van der Waals surface area contributed by atoms with Crippen LogP contribution in [0.25, 0.3) is 16.8 Å². The van der Waals surface area contributed by atoms with Crippen LogP contribution < -0.4 is 15.8 Å². The minimum atomic E-state index is -0.382. The van der Waals surface area contributed by atoms with Gasteiger partial charge in [-0.2, -0.15) is 0 Å². The maximum atomic E-state index is 12.7. The molecule has 136 valence electrons. The number of hydrogen-bond acceptors (Lipinski definition) is 5. The molecule has 6 nitrogen and oxygen atoms in total. The SMILES string of the molecule is COc1ccc(NC(=O)C(=CN)c2nc(C)cc(-c3ccccc3)n2)cc1. The Labute approximate surface area is 157 Å². The molecule has 3 N–H and O–H groups in total. The maximum absolute atomic E-state index is 12.7. The molecular weight excluding hydrogens is 340 g/mol. The first-order chi connectivity index (χ1) is 13.1. The number of nitrogens with two attached hydrogens (primary N) is 1. The van der Waals surface area contributed by atoms with Crippen molar-refractivity contribution >= 4 is 17.2 Å². The van der Waals surface area contributed by atoms with Gasteiger partial charge in [0.05, 0.1) is 18.4 Å². The zero-order valence-corrected chi connectivity index (χ0v) is 15.1. The number of carbonyl (C=O) groups excluding carboxylic acids is 1. The minimum absolute atomic E-state index is 0.201. The predicted molar refractivity (Wildman–Crippen MR) is 106 cm³/mol. The van der Waals surface area contributed by atoms with Gasteiger partial charge in [-0.1, -0.05) is 30.3 Å². The van der Waals surface area contributed by atoms with Crippen molar-refractivity contribution in [3.63, 3.8) is 0 Å². The Morgan fingerprint density at radius 1 is 1.07 bits per heavy atom. The first kappa shape index (κ1) is 18.1. The molecule has 0 bridgehead atoms. The van der Waals surface area contributed by atoms with Crippen LogP contribution in [0.15, 0.2) is 66.9 Å². The monoisotopic (exact) mass is 360 g/mol. The molecule has 0 radical (unpaired) electrons. The molecular formula is C21H20N4O2. The van der Waals surface area contributed by atoms with E-state index in [-0.39, 0.29) is 17.3 Å². The first-order valence-corrected chi connectivity index (χ1v) is 8.39. The van der Waals surface area contributed by atoms with Gasteiger partial charge in [0.1, 0.15) is 5.75 Å². The molecule has 0 aliphatic heterocycles. The molecule has 0 atom stereocenters. The Balaban J connectivity index is 1.88. The van der Waals surface area contributed by atoms with Crippen molar-refractivity contribution in [3.05, 3.63) is 78.4 Å². The first-order valence-electron chi connectivity index (χ1n) is 8.39. The van der Waals surface area contributed by atoms with E-state index in [4.69, 9.17) is 10.5 Å². The van der Waals surface area contributed by atoms with Gasteiger partial charge in [0.2, 0.25) is 0 Å². The number of ether oxygens (including phenoxy) is 1. The highest BCUT2D eigenvalue weighted by molar-refractivity contribution is 6.24. The zero-order valence-electron chi connectivity index (χ0n) is 15.1. The van der Waals surface area contributed by atoms with Crippen molar-refractivity contribution in [3.8, 4) is 17.0 Å². The number of nitrogens with zero attached hydrogens (tertiary/aromatic N) is 2. The van der Waals surface area contributed by atoms with Gasteiger partial charge in [-0.15, -0.1) is 0 Å². The lowest BCUT2D eigenvalue weighted by atomic mass is 10.1. The molecule has 1 aromatic heterocycles. The van der Waals surface area contributed by atoms with Gasteiger partial charge in [-0.25, -0.2) is 9.97 Å². The molecule has 2 aromatic carbocycles. The smallest absolute Gasteiger partial charge is 0.260 e. The van der Waals surface area contributed by atoms with Crippen LogP contribution in [0.3, 0.4) is 0 Å². The normalized spacial score (nSPS) is 11.1. The van der Waals surface area contributed by atoms with Crippen molar-refractivity contribution in [1.29, 1.82) is 0 Å². The summed E-state index contributed by atoms with van der Waals surface area (Å²) < 4.78 is 5.12. The summed E-state index contributed by atoms with van der Waals surface area (Å²) in [4.78, 5) is 21.6. The number of amides is 1. The number of benzene rings is 2. The summed E-state index contributed by atoms with van der Waals surface area (Å²) >= 11 is 0. The van der Waals surface area contributed by atoms with Gasteiger partial charge in [0.25, 0.3) is 5.91 Å². The highest BCUT2D eigenvalue weighted by Crippen LogP contribution is 2.21. The molecule has 1 amide bonds. The van der Waals surface area contributed by atoms with E-state index in [0.717, 1.165) is 17.0 Å². The largest absolute Gasteiger partial charge is 0.497 e. The molecule has 0 saturated carbocycles. The van der Waals surface area contributed by atoms with Crippen LogP contribution in [0, 0.1) is 6.92 Å². The summed E-state index contributed by atoms with van der Waals surface area (Å²) in [6.45, 7) is 1.85. The van der Waals surface area contributed by atoms with Crippen molar-refractivity contribution in [2.75, 3.05) is 12.4 Å². The van der Waals surface area contributed by atoms with E-state index in [2.05, 4.69) is 15.3 Å². The number of nitrogens with one attached hydrogen (secondary N) is 1. The number of methoxy groups -OCH3 is 1. The Morgan fingerprint density at radius 3 is 2.41 bits per heavy atom. The van der Waals surface area contributed by atoms with Gasteiger partial charge < -0.3 is 15.8 Å². The van der Waals surface area contributed by atoms with Gasteiger partial charge in [0, 0.05) is 23.1 Å². The predicted octanol–water partition coefficient (Wildman–Crippen LogP) is 3.40. The van der Waals surface area contributed by atoms with Gasteiger partial charge >= 0.3 is 0 Å². The Kier molecular flexibility index (Phi) is 5.47. The Morgan fingerprint density at radius 2 is 1.78 bits per heavy atom. The molecule has 0 spiro atoms. The minimum Gasteiger partial charge on any atom is -0.497 e. The van der Waals surface area contributed by atoms with Crippen molar-refractivity contribution in [2.24, 2.45) is 5.73 Å². The number of hydrogen-bond donors (Lipinski definition) is 2. The lowest BCUT2D eigenvalue weighted by molar-refractivity contribution is -0.111.